The van der Waals surface area contributed by atoms with Crippen molar-refractivity contribution in [1.82, 2.24) is 14.8 Å². The number of aromatic nitrogens is 1. The van der Waals surface area contributed by atoms with Gasteiger partial charge in [0.1, 0.15) is 16.9 Å². The van der Waals surface area contributed by atoms with Gasteiger partial charge in [-0.2, -0.15) is 0 Å². The zero-order valence-electron chi connectivity index (χ0n) is 21.5. The maximum absolute atomic E-state index is 13.3. The molecule has 1 N–H and O–H groups in total. The van der Waals surface area contributed by atoms with E-state index in [4.69, 9.17) is 4.74 Å². The first-order valence-electron chi connectivity index (χ1n) is 12.6. The number of pyridine rings is 1. The number of carbonyl (C=O) groups is 2. The standard InChI is InChI=1S/C29H35N3O4/c1-19(21-10-11-23-15-24(36-4)13-12-22(23)14-21)30-28(34)25-17-32(16-20-8-6-5-7-9-20)18-26(27(25)33)29(35)31(2)3/h10-15,17-20H,5-9,16H2,1-4H3,(H,30,34)/t19-/m0/s1. The number of nitrogens with zero attached hydrogens (tertiary/aromatic N) is 2. The van der Waals surface area contributed by atoms with Gasteiger partial charge in [0, 0.05) is 33.0 Å². The van der Waals surface area contributed by atoms with E-state index in [1.807, 2.05) is 47.9 Å². The van der Waals surface area contributed by atoms with Crippen molar-refractivity contribution in [2.24, 2.45) is 5.92 Å². The number of fused-ring (bicyclic) bond motifs is 1. The third kappa shape index (κ3) is 5.61. The molecule has 1 fully saturated rings. The van der Waals surface area contributed by atoms with Crippen LogP contribution in [0.1, 0.15) is 71.3 Å². The molecule has 0 radical (unpaired) electrons. The quantitative estimate of drug-likeness (QED) is 0.518. The van der Waals surface area contributed by atoms with E-state index in [1.165, 1.54) is 24.2 Å². The molecule has 1 atom stereocenters. The highest BCUT2D eigenvalue weighted by molar-refractivity contribution is 5.99. The van der Waals surface area contributed by atoms with Gasteiger partial charge >= 0.3 is 0 Å². The summed E-state index contributed by atoms with van der Waals surface area (Å²) in [6, 6.07) is 11.5. The summed E-state index contributed by atoms with van der Waals surface area (Å²) in [5.41, 5.74) is 0.402. The first-order chi connectivity index (χ1) is 17.3. The van der Waals surface area contributed by atoms with Crippen LogP contribution in [0.4, 0.5) is 0 Å². The van der Waals surface area contributed by atoms with E-state index in [1.54, 1.807) is 33.6 Å². The third-order valence-corrected chi connectivity index (χ3v) is 7.07. The molecular weight excluding hydrogens is 454 g/mol. The van der Waals surface area contributed by atoms with Crippen molar-refractivity contribution < 1.29 is 14.3 Å². The molecule has 0 unspecified atom stereocenters. The van der Waals surface area contributed by atoms with Crippen LogP contribution in [0.3, 0.4) is 0 Å². The number of hydrogen-bond acceptors (Lipinski definition) is 4. The van der Waals surface area contributed by atoms with Crippen molar-refractivity contribution in [1.29, 1.82) is 0 Å². The molecule has 3 aromatic rings. The molecule has 1 aliphatic rings. The Bertz CT molecular complexity index is 1320. The Balaban J connectivity index is 1.61. The molecule has 1 saturated carbocycles. The monoisotopic (exact) mass is 489 g/mol. The molecule has 1 aromatic heterocycles. The highest BCUT2D eigenvalue weighted by Gasteiger charge is 2.23. The van der Waals surface area contributed by atoms with Crippen LogP contribution in [0.15, 0.2) is 53.6 Å². The zero-order chi connectivity index (χ0) is 25.8. The van der Waals surface area contributed by atoms with Crippen LogP contribution in [0.5, 0.6) is 5.75 Å². The van der Waals surface area contributed by atoms with E-state index in [2.05, 4.69) is 5.32 Å². The number of amides is 2. The minimum atomic E-state index is -0.538. The van der Waals surface area contributed by atoms with Gasteiger partial charge in [-0.05, 0) is 60.2 Å². The lowest BCUT2D eigenvalue weighted by atomic mass is 9.89. The summed E-state index contributed by atoms with van der Waals surface area (Å²) in [4.78, 5) is 40.7. The van der Waals surface area contributed by atoms with E-state index in [0.29, 0.717) is 12.5 Å². The summed E-state index contributed by atoms with van der Waals surface area (Å²) >= 11 is 0. The molecule has 36 heavy (non-hydrogen) atoms. The average molecular weight is 490 g/mol. The second kappa shape index (κ2) is 11.0. The molecule has 0 spiro atoms. The van der Waals surface area contributed by atoms with Crippen molar-refractivity contribution in [3.8, 4) is 5.75 Å². The van der Waals surface area contributed by atoms with Gasteiger partial charge in [-0.15, -0.1) is 0 Å². The fourth-order valence-electron chi connectivity index (χ4n) is 4.96. The summed E-state index contributed by atoms with van der Waals surface area (Å²) in [7, 11) is 4.85. The largest absolute Gasteiger partial charge is 0.497 e. The summed E-state index contributed by atoms with van der Waals surface area (Å²) in [6.07, 6.45) is 9.09. The second-order valence-electron chi connectivity index (χ2n) is 9.98. The number of carbonyl (C=O) groups excluding carboxylic acids is 2. The van der Waals surface area contributed by atoms with Gasteiger partial charge in [-0.3, -0.25) is 14.4 Å². The first kappa shape index (κ1) is 25.5. The fourth-order valence-corrected chi connectivity index (χ4v) is 4.96. The highest BCUT2D eigenvalue weighted by atomic mass is 16.5. The maximum atomic E-state index is 13.3. The summed E-state index contributed by atoms with van der Waals surface area (Å²) < 4.78 is 7.15. The molecule has 1 heterocycles. The molecule has 7 nitrogen and oxygen atoms in total. The minimum Gasteiger partial charge on any atom is -0.497 e. The Kier molecular flexibility index (Phi) is 7.77. The number of methoxy groups -OCH3 is 1. The number of benzene rings is 2. The second-order valence-corrected chi connectivity index (χ2v) is 9.98. The van der Waals surface area contributed by atoms with E-state index in [0.717, 1.165) is 34.9 Å². The van der Waals surface area contributed by atoms with Crippen molar-refractivity contribution >= 4 is 22.6 Å². The van der Waals surface area contributed by atoms with E-state index in [9.17, 15) is 14.4 Å². The number of ether oxygens (including phenoxy) is 1. The van der Waals surface area contributed by atoms with Crippen molar-refractivity contribution in [3.63, 3.8) is 0 Å². The number of hydrogen-bond donors (Lipinski definition) is 1. The summed E-state index contributed by atoms with van der Waals surface area (Å²) in [6.45, 7) is 2.58. The fraction of sp³-hybridized carbons (Fsp3) is 0.414. The van der Waals surface area contributed by atoms with E-state index < -0.39 is 17.2 Å². The predicted molar refractivity (Wildman–Crippen MR) is 142 cm³/mol. The van der Waals surface area contributed by atoms with Gasteiger partial charge in [0.2, 0.25) is 5.43 Å². The number of nitrogens with one attached hydrogen (secondary N) is 1. The van der Waals surface area contributed by atoms with Crippen LogP contribution in [0.2, 0.25) is 0 Å². The molecule has 0 saturated heterocycles. The SMILES string of the molecule is COc1ccc2cc([C@H](C)NC(=O)c3cn(CC4CCCCC4)cc(C(=O)N(C)C)c3=O)ccc2c1. The summed E-state index contributed by atoms with van der Waals surface area (Å²) in [5, 5.41) is 5.03. The first-order valence-corrected chi connectivity index (χ1v) is 12.6. The van der Waals surface area contributed by atoms with Crippen LogP contribution >= 0.6 is 0 Å². The smallest absolute Gasteiger partial charge is 0.258 e. The van der Waals surface area contributed by atoms with Gasteiger partial charge in [-0.1, -0.05) is 37.5 Å². The molecule has 190 valence electrons. The minimum absolute atomic E-state index is 0.00381. The molecule has 4 rings (SSSR count). The van der Waals surface area contributed by atoms with Crippen molar-refractivity contribution in [2.75, 3.05) is 21.2 Å². The third-order valence-electron chi connectivity index (χ3n) is 7.07. The lowest BCUT2D eigenvalue weighted by molar-refractivity contribution is 0.0825. The Hall–Kier alpha value is -3.61. The van der Waals surface area contributed by atoms with Gasteiger partial charge in [0.05, 0.1) is 13.2 Å². The zero-order valence-corrected chi connectivity index (χ0v) is 21.5. The van der Waals surface area contributed by atoms with Crippen LogP contribution < -0.4 is 15.5 Å². The average Bonchev–Trinajstić information content (AvgIpc) is 2.88. The Morgan fingerprint density at radius 2 is 1.69 bits per heavy atom. The summed E-state index contributed by atoms with van der Waals surface area (Å²) in [5.74, 6) is 0.390. The molecule has 0 bridgehead atoms. The molecule has 2 amide bonds. The van der Waals surface area contributed by atoms with Gasteiger partial charge < -0.3 is 19.5 Å². The van der Waals surface area contributed by atoms with E-state index >= 15 is 0 Å². The Morgan fingerprint density at radius 3 is 2.39 bits per heavy atom. The van der Waals surface area contributed by atoms with Crippen LogP contribution in [0.25, 0.3) is 10.8 Å². The van der Waals surface area contributed by atoms with Gasteiger partial charge in [0.15, 0.2) is 0 Å². The Morgan fingerprint density at radius 1 is 1.03 bits per heavy atom. The lowest BCUT2D eigenvalue weighted by Crippen LogP contribution is -2.36. The predicted octanol–water partition coefficient (Wildman–Crippen LogP) is 4.78. The highest BCUT2D eigenvalue weighted by Crippen LogP contribution is 2.26. The number of rotatable bonds is 7. The maximum Gasteiger partial charge on any atom is 0.258 e. The van der Waals surface area contributed by atoms with Crippen LogP contribution in [-0.2, 0) is 6.54 Å². The van der Waals surface area contributed by atoms with E-state index in [-0.39, 0.29) is 17.2 Å². The van der Waals surface area contributed by atoms with Gasteiger partial charge in [-0.25, -0.2) is 0 Å². The molecule has 2 aromatic carbocycles. The van der Waals surface area contributed by atoms with Gasteiger partial charge in [0.25, 0.3) is 11.8 Å². The lowest BCUT2D eigenvalue weighted by Gasteiger charge is -2.24. The van der Waals surface area contributed by atoms with Crippen LogP contribution in [-0.4, -0.2) is 42.5 Å². The molecule has 1 aliphatic carbocycles. The molecule has 7 heteroatoms. The van der Waals surface area contributed by atoms with Crippen molar-refractivity contribution in [2.45, 2.75) is 51.6 Å². The molecule has 0 aliphatic heterocycles. The normalized spacial score (nSPS) is 14.9. The topological polar surface area (TPSA) is 80.6 Å². The molecular formula is C29H35N3O4. The van der Waals surface area contributed by atoms with Crippen molar-refractivity contribution in [3.05, 3.63) is 75.7 Å². The Labute approximate surface area is 212 Å². The van der Waals surface area contributed by atoms with Crippen LogP contribution in [0, 0.1) is 5.92 Å².